The summed E-state index contributed by atoms with van der Waals surface area (Å²) in [5, 5.41) is 0. The van der Waals surface area contributed by atoms with Crippen LogP contribution in [0.25, 0.3) is 0 Å². The molecule has 0 amide bonds. The standard InChI is InChI=1S/C16H16F2N2O/c17-12-7-11(8-13(18)9-12)16(20-19)10-1-3-14(4-2-10)21-15-5-6-15/h1-4,7-9,15-16,20H,5-6,19H2. The Hall–Kier alpha value is -1.98. The summed E-state index contributed by atoms with van der Waals surface area (Å²) in [6.07, 6.45) is 2.52. The highest BCUT2D eigenvalue weighted by atomic mass is 19.1. The van der Waals surface area contributed by atoms with E-state index in [1.165, 1.54) is 12.1 Å². The number of benzene rings is 2. The molecule has 0 radical (unpaired) electrons. The second-order valence-corrected chi connectivity index (χ2v) is 5.19. The van der Waals surface area contributed by atoms with Gasteiger partial charge in [-0.2, -0.15) is 0 Å². The Bertz CT molecular complexity index is 606. The van der Waals surface area contributed by atoms with Gasteiger partial charge in [0.15, 0.2) is 0 Å². The number of hydrogen-bond donors (Lipinski definition) is 2. The Labute approximate surface area is 121 Å². The van der Waals surface area contributed by atoms with Gasteiger partial charge in [-0.15, -0.1) is 0 Å². The Morgan fingerprint density at radius 1 is 1.00 bits per heavy atom. The first-order valence-electron chi connectivity index (χ1n) is 6.84. The maximum atomic E-state index is 13.3. The molecule has 0 aliphatic heterocycles. The summed E-state index contributed by atoms with van der Waals surface area (Å²) >= 11 is 0. The number of ether oxygens (including phenoxy) is 1. The van der Waals surface area contributed by atoms with Crippen molar-refractivity contribution in [2.75, 3.05) is 0 Å². The van der Waals surface area contributed by atoms with Gasteiger partial charge < -0.3 is 4.74 Å². The Morgan fingerprint density at radius 3 is 2.14 bits per heavy atom. The fourth-order valence-electron chi connectivity index (χ4n) is 2.24. The van der Waals surface area contributed by atoms with Crippen LogP contribution in [-0.4, -0.2) is 6.10 Å². The Morgan fingerprint density at radius 2 is 1.62 bits per heavy atom. The lowest BCUT2D eigenvalue weighted by atomic mass is 9.99. The molecule has 5 heteroatoms. The molecule has 1 saturated carbocycles. The van der Waals surface area contributed by atoms with Gasteiger partial charge in [0.1, 0.15) is 17.4 Å². The summed E-state index contributed by atoms with van der Waals surface area (Å²) in [6, 6.07) is 10.2. The van der Waals surface area contributed by atoms with Gasteiger partial charge in [0.2, 0.25) is 0 Å². The van der Waals surface area contributed by atoms with Gasteiger partial charge in [0.25, 0.3) is 0 Å². The molecule has 3 nitrogen and oxygen atoms in total. The highest BCUT2D eigenvalue weighted by molar-refractivity contribution is 5.36. The van der Waals surface area contributed by atoms with E-state index >= 15 is 0 Å². The monoisotopic (exact) mass is 290 g/mol. The summed E-state index contributed by atoms with van der Waals surface area (Å²) in [5.74, 6) is 5.08. The average molecular weight is 290 g/mol. The van der Waals surface area contributed by atoms with Gasteiger partial charge in [0, 0.05) is 6.07 Å². The third-order valence-corrected chi connectivity index (χ3v) is 3.43. The Kier molecular flexibility index (Phi) is 3.86. The molecule has 2 aromatic carbocycles. The molecule has 1 unspecified atom stereocenters. The molecule has 1 aliphatic carbocycles. The van der Waals surface area contributed by atoms with Crippen LogP contribution in [0.3, 0.4) is 0 Å². The predicted molar refractivity (Wildman–Crippen MR) is 75.6 cm³/mol. The topological polar surface area (TPSA) is 47.3 Å². The van der Waals surface area contributed by atoms with Crippen molar-refractivity contribution in [3.05, 3.63) is 65.2 Å². The molecule has 2 aromatic rings. The molecule has 0 aromatic heterocycles. The molecular formula is C16H16F2N2O. The summed E-state index contributed by atoms with van der Waals surface area (Å²) in [4.78, 5) is 0. The summed E-state index contributed by atoms with van der Waals surface area (Å²) < 4.78 is 32.3. The second-order valence-electron chi connectivity index (χ2n) is 5.19. The van der Waals surface area contributed by atoms with Gasteiger partial charge in [0.05, 0.1) is 12.1 Å². The van der Waals surface area contributed by atoms with Crippen molar-refractivity contribution in [1.29, 1.82) is 0 Å². The number of hydrazine groups is 1. The van der Waals surface area contributed by atoms with E-state index in [2.05, 4.69) is 5.43 Å². The molecule has 1 aliphatic rings. The predicted octanol–water partition coefficient (Wildman–Crippen LogP) is 3.06. The van der Waals surface area contributed by atoms with Crippen LogP contribution in [-0.2, 0) is 0 Å². The van der Waals surface area contributed by atoms with Crippen molar-refractivity contribution in [3.63, 3.8) is 0 Å². The summed E-state index contributed by atoms with van der Waals surface area (Å²) in [5.41, 5.74) is 3.83. The van der Waals surface area contributed by atoms with E-state index in [0.717, 1.165) is 30.2 Å². The number of nitrogens with two attached hydrogens (primary N) is 1. The van der Waals surface area contributed by atoms with Crippen LogP contribution in [0.1, 0.15) is 30.0 Å². The lowest BCUT2D eigenvalue weighted by molar-refractivity contribution is 0.303. The van der Waals surface area contributed by atoms with Crippen LogP contribution in [0.4, 0.5) is 8.78 Å². The van der Waals surface area contributed by atoms with E-state index in [1.54, 1.807) is 0 Å². The molecule has 0 bridgehead atoms. The van der Waals surface area contributed by atoms with Gasteiger partial charge in [-0.05, 0) is 48.2 Å². The smallest absolute Gasteiger partial charge is 0.126 e. The zero-order chi connectivity index (χ0) is 14.8. The van der Waals surface area contributed by atoms with E-state index < -0.39 is 17.7 Å². The molecule has 110 valence electrons. The van der Waals surface area contributed by atoms with Crippen LogP contribution in [0.15, 0.2) is 42.5 Å². The second kappa shape index (κ2) is 5.79. The minimum absolute atomic E-state index is 0.330. The lowest BCUT2D eigenvalue weighted by Gasteiger charge is -2.17. The lowest BCUT2D eigenvalue weighted by Crippen LogP contribution is -2.29. The van der Waals surface area contributed by atoms with Crippen LogP contribution < -0.4 is 16.0 Å². The van der Waals surface area contributed by atoms with Crippen molar-refractivity contribution in [2.24, 2.45) is 5.84 Å². The van der Waals surface area contributed by atoms with E-state index in [9.17, 15) is 8.78 Å². The van der Waals surface area contributed by atoms with Crippen molar-refractivity contribution < 1.29 is 13.5 Å². The van der Waals surface area contributed by atoms with Crippen molar-refractivity contribution in [1.82, 2.24) is 5.43 Å². The fourth-order valence-corrected chi connectivity index (χ4v) is 2.24. The molecule has 0 saturated heterocycles. The molecule has 1 atom stereocenters. The average Bonchev–Trinajstić information content (AvgIpc) is 3.24. The van der Waals surface area contributed by atoms with E-state index in [0.29, 0.717) is 11.7 Å². The third kappa shape index (κ3) is 3.37. The van der Waals surface area contributed by atoms with Crippen LogP contribution in [0.5, 0.6) is 5.75 Å². The normalized spacial score (nSPS) is 15.8. The van der Waals surface area contributed by atoms with Gasteiger partial charge in [-0.1, -0.05) is 12.1 Å². The molecule has 0 spiro atoms. The third-order valence-electron chi connectivity index (χ3n) is 3.43. The summed E-state index contributed by atoms with van der Waals surface area (Å²) in [7, 11) is 0. The number of nitrogens with one attached hydrogen (secondary N) is 1. The molecule has 0 heterocycles. The van der Waals surface area contributed by atoms with Crippen LogP contribution in [0, 0.1) is 11.6 Å². The van der Waals surface area contributed by atoms with Crippen molar-refractivity contribution >= 4 is 0 Å². The summed E-state index contributed by atoms with van der Waals surface area (Å²) in [6.45, 7) is 0. The highest BCUT2D eigenvalue weighted by Crippen LogP contribution is 2.29. The quantitative estimate of drug-likeness (QED) is 0.657. The molecule has 3 rings (SSSR count). The molecule has 1 fully saturated rings. The first-order valence-corrected chi connectivity index (χ1v) is 6.84. The maximum absolute atomic E-state index is 13.3. The minimum Gasteiger partial charge on any atom is -0.490 e. The molecule has 21 heavy (non-hydrogen) atoms. The number of rotatable bonds is 5. The van der Waals surface area contributed by atoms with E-state index in [-0.39, 0.29) is 0 Å². The first kappa shape index (κ1) is 14.0. The van der Waals surface area contributed by atoms with Gasteiger partial charge in [-0.3, -0.25) is 5.84 Å². The number of halogens is 2. The van der Waals surface area contributed by atoms with Gasteiger partial charge in [-0.25, -0.2) is 14.2 Å². The molecule has 3 N–H and O–H groups in total. The number of hydrogen-bond acceptors (Lipinski definition) is 3. The SMILES string of the molecule is NNC(c1ccc(OC2CC2)cc1)c1cc(F)cc(F)c1. The fraction of sp³-hybridized carbons (Fsp3) is 0.250. The van der Waals surface area contributed by atoms with E-state index in [4.69, 9.17) is 10.6 Å². The largest absolute Gasteiger partial charge is 0.490 e. The van der Waals surface area contributed by atoms with Crippen LogP contribution in [0.2, 0.25) is 0 Å². The maximum Gasteiger partial charge on any atom is 0.126 e. The molecular weight excluding hydrogens is 274 g/mol. The zero-order valence-corrected chi connectivity index (χ0v) is 11.4. The van der Waals surface area contributed by atoms with Crippen molar-refractivity contribution in [3.8, 4) is 5.75 Å². The van der Waals surface area contributed by atoms with Gasteiger partial charge >= 0.3 is 0 Å². The Balaban J connectivity index is 1.84. The first-order chi connectivity index (χ1) is 10.2. The highest BCUT2D eigenvalue weighted by Gasteiger charge is 2.23. The van der Waals surface area contributed by atoms with E-state index in [1.807, 2.05) is 24.3 Å². The van der Waals surface area contributed by atoms with Crippen molar-refractivity contribution in [2.45, 2.75) is 25.0 Å². The zero-order valence-electron chi connectivity index (χ0n) is 11.4. The van der Waals surface area contributed by atoms with Crippen LogP contribution >= 0.6 is 0 Å². The minimum atomic E-state index is -0.626.